The summed E-state index contributed by atoms with van der Waals surface area (Å²) in [5.74, 6) is -0.154. The van der Waals surface area contributed by atoms with Crippen LogP contribution < -0.4 is 5.32 Å². The van der Waals surface area contributed by atoms with Gasteiger partial charge in [-0.15, -0.1) is 0 Å². The van der Waals surface area contributed by atoms with Crippen molar-refractivity contribution in [2.75, 3.05) is 6.61 Å². The fourth-order valence-corrected chi connectivity index (χ4v) is 7.71. The monoisotopic (exact) mass is 776 g/mol. The molecule has 55 heavy (non-hydrogen) atoms. The molecule has 4 N–H and O–H groups in total. The van der Waals surface area contributed by atoms with Gasteiger partial charge in [0.15, 0.2) is 0 Å². The Bertz CT molecular complexity index is 814. The molecular weight excluding hydrogens is 679 g/mol. The molecule has 3 atom stereocenters. The van der Waals surface area contributed by atoms with Crippen molar-refractivity contribution in [1.29, 1.82) is 0 Å². The first-order chi connectivity index (χ1) is 27.1. The minimum atomic E-state index is -1.16. The molecular formula is C50H97NO4. The lowest BCUT2D eigenvalue weighted by atomic mass is 10.0. The van der Waals surface area contributed by atoms with Crippen molar-refractivity contribution in [3.05, 3.63) is 24.3 Å². The number of carbonyl (C=O) groups is 1. The summed E-state index contributed by atoms with van der Waals surface area (Å²) in [7, 11) is 0. The Kier molecular flexibility index (Phi) is 44.6. The molecule has 0 aliphatic carbocycles. The molecule has 0 radical (unpaired) electrons. The number of aliphatic hydroxyl groups excluding tert-OH is 3. The number of nitrogens with one attached hydrogen (secondary N) is 1. The Morgan fingerprint density at radius 2 is 0.745 bits per heavy atom. The van der Waals surface area contributed by atoms with Crippen molar-refractivity contribution in [1.82, 2.24) is 5.32 Å². The summed E-state index contributed by atoms with van der Waals surface area (Å²) in [4.78, 5) is 12.5. The molecule has 0 saturated carbocycles. The van der Waals surface area contributed by atoms with Crippen molar-refractivity contribution < 1.29 is 20.1 Å². The van der Waals surface area contributed by atoms with Crippen molar-refractivity contribution in [3.8, 4) is 0 Å². The highest BCUT2D eigenvalue weighted by molar-refractivity contribution is 5.76. The van der Waals surface area contributed by atoms with Crippen LogP contribution in [0.1, 0.15) is 264 Å². The Morgan fingerprint density at radius 1 is 0.436 bits per heavy atom. The standard InChI is InChI=1S/C50H97NO4/c1-3-5-7-9-11-13-15-17-19-21-23-24-25-27-29-31-33-35-37-39-41-43-45-49(54)51-47(46-52)50(55)48(53)44-42-40-38-36-34-32-30-28-26-22-20-18-16-14-12-10-8-6-4-2/h28,30,36,38,47-48,50,52-53,55H,3-27,29,31-35,37,39-46H2,1-2H3,(H,51,54)/b30-28+,38-36+. The van der Waals surface area contributed by atoms with Crippen LogP contribution in [0.25, 0.3) is 0 Å². The summed E-state index contributed by atoms with van der Waals surface area (Å²) in [6.07, 6.45) is 55.9. The zero-order valence-electron chi connectivity index (χ0n) is 37.1. The van der Waals surface area contributed by atoms with Gasteiger partial charge in [-0.25, -0.2) is 0 Å². The smallest absolute Gasteiger partial charge is 0.220 e. The molecule has 0 aliphatic heterocycles. The van der Waals surface area contributed by atoms with Crippen molar-refractivity contribution >= 4 is 5.91 Å². The van der Waals surface area contributed by atoms with E-state index in [-0.39, 0.29) is 12.5 Å². The number of rotatable bonds is 45. The SMILES string of the molecule is CCCCCCCCCCCC/C=C/CC/C=C/CCCC(O)C(O)C(CO)NC(=O)CCCCCCCCCCCCCCCCCCCCCCCC. The zero-order chi connectivity index (χ0) is 40.1. The van der Waals surface area contributed by atoms with Crippen LogP contribution in [0.4, 0.5) is 0 Å². The second kappa shape index (κ2) is 45.5. The van der Waals surface area contributed by atoms with Crippen LogP contribution in [0.2, 0.25) is 0 Å². The van der Waals surface area contributed by atoms with Crippen LogP contribution in [-0.2, 0) is 4.79 Å². The molecule has 0 spiro atoms. The van der Waals surface area contributed by atoms with Gasteiger partial charge >= 0.3 is 0 Å². The van der Waals surface area contributed by atoms with Gasteiger partial charge in [0.05, 0.1) is 18.8 Å². The van der Waals surface area contributed by atoms with E-state index in [0.29, 0.717) is 12.8 Å². The number of amides is 1. The predicted octanol–water partition coefficient (Wildman–Crippen LogP) is 14.6. The van der Waals surface area contributed by atoms with Gasteiger partial charge in [0.2, 0.25) is 5.91 Å². The highest BCUT2D eigenvalue weighted by Crippen LogP contribution is 2.17. The van der Waals surface area contributed by atoms with Gasteiger partial charge in [-0.1, -0.05) is 231 Å². The summed E-state index contributed by atoms with van der Waals surface area (Å²) in [5, 5.41) is 33.6. The molecule has 0 aromatic carbocycles. The van der Waals surface area contributed by atoms with Crippen LogP contribution in [0.3, 0.4) is 0 Å². The van der Waals surface area contributed by atoms with Gasteiger partial charge in [0, 0.05) is 6.42 Å². The largest absolute Gasteiger partial charge is 0.394 e. The number of unbranched alkanes of at least 4 members (excludes halogenated alkanes) is 33. The van der Waals surface area contributed by atoms with E-state index in [1.54, 1.807) is 0 Å². The van der Waals surface area contributed by atoms with E-state index in [9.17, 15) is 20.1 Å². The first kappa shape index (κ1) is 53.8. The molecule has 0 aromatic heterocycles. The number of aliphatic hydroxyl groups is 3. The molecule has 0 aliphatic rings. The number of hydrogen-bond donors (Lipinski definition) is 4. The molecule has 0 fully saturated rings. The maximum atomic E-state index is 12.5. The topological polar surface area (TPSA) is 89.8 Å². The molecule has 0 aromatic rings. The van der Waals surface area contributed by atoms with Gasteiger partial charge in [-0.3, -0.25) is 4.79 Å². The fourth-order valence-electron chi connectivity index (χ4n) is 7.71. The molecule has 5 nitrogen and oxygen atoms in total. The van der Waals surface area contributed by atoms with Crippen LogP contribution in [0, 0.1) is 0 Å². The molecule has 0 rings (SSSR count). The van der Waals surface area contributed by atoms with E-state index in [1.165, 1.54) is 193 Å². The first-order valence-corrected chi connectivity index (χ1v) is 24.6. The third kappa shape index (κ3) is 40.8. The Balaban J connectivity index is 3.62. The highest BCUT2D eigenvalue weighted by atomic mass is 16.3. The maximum Gasteiger partial charge on any atom is 0.220 e. The molecule has 0 bridgehead atoms. The quantitative estimate of drug-likeness (QED) is 0.0366. The van der Waals surface area contributed by atoms with Gasteiger partial charge in [0.25, 0.3) is 0 Å². The molecule has 0 saturated heterocycles. The zero-order valence-corrected chi connectivity index (χ0v) is 37.1. The molecule has 326 valence electrons. The molecule has 1 amide bonds. The normalized spacial score (nSPS) is 13.6. The van der Waals surface area contributed by atoms with Crippen LogP contribution in [-0.4, -0.2) is 46.1 Å². The average Bonchev–Trinajstić information content (AvgIpc) is 3.19. The fraction of sp³-hybridized carbons (Fsp3) is 0.900. The van der Waals surface area contributed by atoms with Crippen molar-refractivity contribution in [2.24, 2.45) is 0 Å². The lowest BCUT2D eigenvalue weighted by Crippen LogP contribution is -2.50. The van der Waals surface area contributed by atoms with Crippen LogP contribution in [0.5, 0.6) is 0 Å². The predicted molar refractivity (Wildman–Crippen MR) is 241 cm³/mol. The van der Waals surface area contributed by atoms with E-state index >= 15 is 0 Å². The van der Waals surface area contributed by atoms with E-state index < -0.39 is 18.2 Å². The van der Waals surface area contributed by atoms with Crippen molar-refractivity contribution in [2.45, 2.75) is 283 Å². The maximum absolute atomic E-state index is 12.5. The molecule has 3 unspecified atom stereocenters. The van der Waals surface area contributed by atoms with Gasteiger partial charge < -0.3 is 20.6 Å². The van der Waals surface area contributed by atoms with Gasteiger partial charge in [-0.2, -0.15) is 0 Å². The van der Waals surface area contributed by atoms with E-state index in [1.807, 2.05) is 0 Å². The van der Waals surface area contributed by atoms with E-state index in [0.717, 1.165) is 44.9 Å². The summed E-state index contributed by atoms with van der Waals surface area (Å²) < 4.78 is 0. The summed E-state index contributed by atoms with van der Waals surface area (Å²) >= 11 is 0. The lowest BCUT2D eigenvalue weighted by Gasteiger charge is -2.26. The summed E-state index contributed by atoms with van der Waals surface area (Å²) in [6.45, 7) is 4.19. The summed E-state index contributed by atoms with van der Waals surface area (Å²) in [6, 6.07) is -0.829. The van der Waals surface area contributed by atoms with E-state index in [4.69, 9.17) is 0 Å². The molecule has 0 heterocycles. The Hall–Kier alpha value is -1.17. The third-order valence-electron chi connectivity index (χ3n) is 11.5. The highest BCUT2D eigenvalue weighted by Gasteiger charge is 2.26. The van der Waals surface area contributed by atoms with Crippen LogP contribution >= 0.6 is 0 Å². The minimum Gasteiger partial charge on any atom is -0.394 e. The number of hydrogen-bond acceptors (Lipinski definition) is 4. The lowest BCUT2D eigenvalue weighted by molar-refractivity contribution is -0.124. The average molecular weight is 776 g/mol. The Morgan fingerprint density at radius 3 is 1.11 bits per heavy atom. The van der Waals surface area contributed by atoms with Gasteiger partial charge in [-0.05, 0) is 51.4 Å². The number of carbonyl (C=O) groups excluding carboxylic acids is 1. The number of allylic oxidation sites excluding steroid dienone is 4. The van der Waals surface area contributed by atoms with Crippen molar-refractivity contribution in [3.63, 3.8) is 0 Å². The first-order valence-electron chi connectivity index (χ1n) is 24.6. The summed E-state index contributed by atoms with van der Waals surface area (Å²) in [5.41, 5.74) is 0. The van der Waals surface area contributed by atoms with E-state index in [2.05, 4.69) is 43.5 Å². The molecule has 5 heteroatoms. The Labute approximate surface area is 343 Å². The van der Waals surface area contributed by atoms with Crippen LogP contribution in [0.15, 0.2) is 24.3 Å². The minimum absolute atomic E-state index is 0.154. The second-order valence-corrected chi connectivity index (χ2v) is 17.0. The second-order valence-electron chi connectivity index (χ2n) is 17.0. The third-order valence-corrected chi connectivity index (χ3v) is 11.5. The van der Waals surface area contributed by atoms with Gasteiger partial charge in [0.1, 0.15) is 6.10 Å².